The fourth-order valence-corrected chi connectivity index (χ4v) is 1.78. The zero-order chi connectivity index (χ0) is 15.2. The van der Waals surface area contributed by atoms with Gasteiger partial charge in [-0.25, -0.2) is 4.39 Å². The van der Waals surface area contributed by atoms with Gasteiger partial charge in [-0.05, 0) is 31.2 Å². The van der Waals surface area contributed by atoms with Gasteiger partial charge in [0.2, 0.25) is 0 Å². The van der Waals surface area contributed by atoms with Crippen molar-refractivity contribution < 1.29 is 13.9 Å². The van der Waals surface area contributed by atoms with Gasteiger partial charge in [-0.3, -0.25) is 4.79 Å². The Bertz CT molecular complexity index is 606. The molecule has 0 aromatic heterocycles. The first-order valence-electron chi connectivity index (χ1n) is 6.59. The summed E-state index contributed by atoms with van der Waals surface area (Å²) in [6.45, 7) is 2.22. The summed E-state index contributed by atoms with van der Waals surface area (Å²) < 4.78 is 19.0. The van der Waals surface area contributed by atoms with Crippen molar-refractivity contribution in [2.75, 3.05) is 18.9 Å². The van der Waals surface area contributed by atoms with Crippen LogP contribution in [0.2, 0.25) is 0 Å². The van der Waals surface area contributed by atoms with Crippen LogP contribution in [0.4, 0.5) is 10.1 Å². The number of nitrogen functional groups attached to an aromatic ring is 1. The van der Waals surface area contributed by atoms with E-state index in [1.165, 1.54) is 12.1 Å². The Labute approximate surface area is 122 Å². The molecule has 0 radical (unpaired) electrons. The van der Waals surface area contributed by atoms with Gasteiger partial charge in [0.25, 0.3) is 5.91 Å². The van der Waals surface area contributed by atoms with Crippen molar-refractivity contribution in [1.29, 1.82) is 0 Å². The van der Waals surface area contributed by atoms with E-state index in [0.717, 1.165) is 5.75 Å². The Morgan fingerprint density at radius 2 is 2.00 bits per heavy atom. The maximum Gasteiger partial charge on any atom is 0.251 e. The first-order chi connectivity index (χ1) is 10.1. The molecule has 3 N–H and O–H groups in total. The lowest BCUT2D eigenvalue weighted by atomic mass is 10.1. The third-order valence-electron chi connectivity index (χ3n) is 3.05. The number of hydrogen-bond donors (Lipinski definition) is 2. The largest absolute Gasteiger partial charge is 0.492 e. The van der Waals surface area contributed by atoms with Crippen LogP contribution in [0.25, 0.3) is 0 Å². The monoisotopic (exact) mass is 288 g/mol. The van der Waals surface area contributed by atoms with Crippen LogP contribution >= 0.6 is 0 Å². The van der Waals surface area contributed by atoms with Crippen molar-refractivity contribution >= 4 is 11.6 Å². The molecule has 21 heavy (non-hydrogen) atoms. The van der Waals surface area contributed by atoms with E-state index < -0.39 is 5.82 Å². The summed E-state index contributed by atoms with van der Waals surface area (Å²) in [7, 11) is 0. The van der Waals surface area contributed by atoms with Gasteiger partial charge in [0, 0.05) is 16.8 Å². The normalized spacial score (nSPS) is 10.2. The van der Waals surface area contributed by atoms with Gasteiger partial charge < -0.3 is 15.8 Å². The second-order valence-electron chi connectivity index (χ2n) is 4.59. The van der Waals surface area contributed by atoms with Gasteiger partial charge in [0.1, 0.15) is 18.2 Å². The van der Waals surface area contributed by atoms with Crippen LogP contribution in [0, 0.1) is 12.7 Å². The van der Waals surface area contributed by atoms with Crippen LogP contribution in [-0.4, -0.2) is 19.1 Å². The van der Waals surface area contributed by atoms with Crippen molar-refractivity contribution in [2.45, 2.75) is 6.92 Å². The SMILES string of the molecule is Cc1c(N)cc(C(=O)NCCOc2ccccc2)cc1F. The predicted molar refractivity (Wildman–Crippen MR) is 79.8 cm³/mol. The van der Waals surface area contributed by atoms with Gasteiger partial charge in [-0.15, -0.1) is 0 Å². The van der Waals surface area contributed by atoms with Gasteiger partial charge in [0.15, 0.2) is 0 Å². The van der Waals surface area contributed by atoms with Crippen molar-refractivity contribution in [3.63, 3.8) is 0 Å². The second-order valence-corrected chi connectivity index (χ2v) is 4.59. The van der Waals surface area contributed by atoms with E-state index in [-0.39, 0.29) is 17.2 Å². The topological polar surface area (TPSA) is 64.4 Å². The van der Waals surface area contributed by atoms with Crippen LogP contribution < -0.4 is 15.8 Å². The summed E-state index contributed by atoms with van der Waals surface area (Å²) in [5.74, 6) is -0.129. The summed E-state index contributed by atoms with van der Waals surface area (Å²) in [4.78, 5) is 11.9. The third-order valence-corrected chi connectivity index (χ3v) is 3.05. The minimum atomic E-state index is -0.485. The highest BCUT2D eigenvalue weighted by Gasteiger charge is 2.10. The molecule has 2 aromatic rings. The number of nitrogens with one attached hydrogen (secondary N) is 1. The molecule has 0 aliphatic heterocycles. The lowest BCUT2D eigenvalue weighted by Crippen LogP contribution is -2.28. The number of carbonyl (C=O) groups is 1. The molecule has 0 aliphatic carbocycles. The standard InChI is InChI=1S/C16H17FN2O2/c1-11-14(17)9-12(10-15(11)18)16(20)19-7-8-21-13-5-3-2-4-6-13/h2-6,9-10H,7-8,18H2,1H3,(H,19,20). The average molecular weight is 288 g/mol. The number of para-hydroxylation sites is 1. The molecule has 2 aromatic carbocycles. The molecule has 0 aliphatic rings. The van der Waals surface area contributed by atoms with Crippen LogP contribution in [-0.2, 0) is 0 Å². The molecule has 2 rings (SSSR count). The molecule has 0 saturated carbocycles. The van der Waals surface area contributed by atoms with Crippen LogP contribution in [0.15, 0.2) is 42.5 Å². The van der Waals surface area contributed by atoms with Gasteiger partial charge >= 0.3 is 0 Å². The third kappa shape index (κ3) is 3.95. The fraction of sp³-hybridized carbons (Fsp3) is 0.188. The zero-order valence-corrected chi connectivity index (χ0v) is 11.7. The minimum Gasteiger partial charge on any atom is -0.492 e. The highest BCUT2D eigenvalue weighted by atomic mass is 19.1. The lowest BCUT2D eigenvalue weighted by molar-refractivity contribution is 0.0946. The number of nitrogens with two attached hydrogens (primary N) is 1. The Hall–Kier alpha value is -2.56. The Kier molecular flexibility index (Phi) is 4.77. The Balaban J connectivity index is 1.85. The van der Waals surface area contributed by atoms with E-state index in [1.54, 1.807) is 6.92 Å². The van der Waals surface area contributed by atoms with E-state index in [9.17, 15) is 9.18 Å². The molecule has 0 bridgehead atoms. The van der Waals surface area contributed by atoms with Crippen molar-refractivity contribution in [3.05, 3.63) is 59.4 Å². The number of ether oxygens (including phenoxy) is 1. The molecule has 0 fully saturated rings. The summed E-state index contributed by atoms with van der Waals surface area (Å²) in [5, 5.41) is 2.66. The molecule has 0 spiro atoms. The number of carbonyl (C=O) groups excluding carboxylic acids is 1. The van der Waals surface area contributed by atoms with E-state index in [0.29, 0.717) is 18.7 Å². The van der Waals surface area contributed by atoms with Crippen LogP contribution in [0.3, 0.4) is 0 Å². The highest BCUT2D eigenvalue weighted by molar-refractivity contribution is 5.95. The fourth-order valence-electron chi connectivity index (χ4n) is 1.78. The van der Waals surface area contributed by atoms with E-state index in [2.05, 4.69) is 5.32 Å². The second kappa shape index (κ2) is 6.74. The predicted octanol–water partition coefficient (Wildman–Crippen LogP) is 2.53. The van der Waals surface area contributed by atoms with Gasteiger partial charge in [0.05, 0.1) is 6.54 Å². The summed E-state index contributed by atoms with van der Waals surface area (Å²) >= 11 is 0. The summed E-state index contributed by atoms with van der Waals surface area (Å²) in [5.41, 5.74) is 6.46. The van der Waals surface area contributed by atoms with Crippen molar-refractivity contribution in [3.8, 4) is 5.75 Å². The summed E-state index contributed by atoms with van der Waals surface area (Å²) in [6.07, 6.45) is 0. The van der Waals surface area contributed by atoms with E-state index in [4.69, 9.17) is 10.5 Å². The van der Waals surface area contributed by atoms with Crippen LogP contribution in [0.5, 0.6) is 5.75 Å². The summed E-state index contributed by atoms with van der Waals surface area (Å²) in [6, 6.07) is 11.9. The maximum atomic E-state index is 13.5. The molecule has 1 amide bonds. The smallest absolute Gasteiger partial charge is 0.251 e. The molecular weight excluding hydrogens is 271 g/mol. The molecule has 0 heterocycles. The number of hydrogen-bond acceptors (Lipinski definition) is 3. The zero-order valence-electron chi connectivity index (χ0n) is 11.7. The molecule has 0 atom stereocenters. The number of benzene rings is 2. The quantitative estimate of drug-likeness (QED) is 0.656. The number of anilines is 1. The molecule has 110 valence electrons. The Morgan fingerprint density at radius 3 is 2.67 bits per heavy atom. The first-order valence-corrected chi connectivity index (χ1v) is 6.59. The van der Waals surface area contributed by atoms with Crippen molar-refractivity contribution in [2.24, 2.45) is 0 Å². The van der Waals surface area contributed by atoms with Gasteiger partial charge in [-0.1, -0.05) is 18.2 Å². The van der Waals surface area contributed by atoms with Gasteiger partial charge in [-0.2, -0.15) is 0 Å². The van der Waals surface area contributed by atoms with E-state index >= 15 is 0 Å². The molecule has 5 heteroatoms. The maximum absolute atomic E-state index is 13.5. The van der Waals surface area contributed by atoms with Crippen LogP contribution in [0.1, 0.15) is 15.9 Å². The molecule has 4 nitrogen and oxygen atoms in total. The van der Waals surface area contributed by atoms with Crippen molar-refractivity contribution in [1.82, 2.24) is 5.32 Å². The van der Waals surface area contributed by atoms with E-state index in [1.807, 2.05) is 30.3 Å². The average Bonchev–Trinajstić information content (AvgIpc) is 2.49. The number of halogens is 1. The molecular formula is C16H17FN2O2. The molecule has 0 saturated heterocycles. The number of amides is 1. The minimum absolute atomic E-state index is 0.204. The molecule has 0 unspecified atom stereocenters. The highest BCUT2D eigenvalue weighted by Crippen LogP contribution is 2.17. The first kappa shape index (κ1) is 14.8. The Morgan fingerprint density at radius 1 is 1.29 bits per heavy atom. The number of rotatable bonds is 5. The lowest BCUT2D eigenvalue weighted by Gasteiger charge is -2.09.